The van der Waals surface area contributed by atoms with Gasteiger partial charge in [-0.3, -0.25) is 9.36 Å². The molecule has 0 spiro atoms. The molecule has 1 aliphatic carbocycles. The van der Waals surface area contributed by atoms with Crippen LogP contribution in [0, 0.1) is 0 Å². The molecule has 29 heavy (non-hydrogen) atoms. The predicted molar refractivity (Wildman–Crippen MR) is 117 cm³/mol. The Morgan fingerprint density at radius 2 is 1.93 bits per heavy atom. The number of fused-ring (bicyclic) bond motifs is 1. The average molecular weight is 410 g/mol. The highest BCUT2D eigenvalue weighted by Gasteiger charge is 2.26. The van der Waals surface area contributed by atoms with E-state index in [2.05, 4.69) is 58.1 Å². The molecule has 2 aromatic carbocycles. The minimum absolute atomic E-state index is 0.134. The molecule has 0 amide bonds. The molecule has 0 aliphatic heterocycles. The summed E-state index contributed by atoms with van der Waals surface area (Å²) in [6.07, 6.45) is 4.60. The maximum Gasteiger partial charge on any atom is 0.305 e. The van der Waals surface area contributed by atoms with E-state index in [0.717, 1.165) is 35.3 Å². The van der Waals surface area contributed by atoms with E-state index in [9.17, 15) is 4.79 Å². The summed E-state index contributed by atoms with van der Waals surface area (Å²) < 4.78 is 7.20. The van der Waals surface area contributed by atoms with Crippen molar-refractivity contribution in [2.24, 2.45) is 0 Å². The molecule has 6 heteroatoms. The van der Waals surface area contributed by atoms with Gasteiger partial charge in [0.15, 0.2) is 5.16 Å². The lowest BCUT2D eigenvalue weighted by atomic mass is 9.99. The number of hydrogen-bond donors (Lipinski definition) is 0. The summed E-state index contributed by atoms with van der Waals surface area (Å²) in [5.74, 6) is 2.34. The zero-order chi connectivity index (χ0) is 20.2. The van der Waals surface area contributed by atoms with Crippen molar-refractivity contribution in [2.75, 3.05) is 12.4 Å². The molecule has 0 bridgehead atoms. The first-order valence-corrected chi connectivity index (χ1v) is 11.5. The Labute approximate surface area is 175 Å². The highest BCUT2D eigenvalue weighted by molar-refractivity contribution is 7.99. The van der Waals surface area contributed by atoms with Gasteiger partial charge in [-0.2, -0.15) is 0 Å². The third-order valence-corrected chi connectivity index (χ3v) is 6.29. The highest BCUT2D eigenvalue weighted by Crippen LogP contribution is 2.44. The highest BCUT2D eigenvalue weighted by atomic mass is 32.2. The molecule has 152 valence electrons. The Morgan fingerprint density at radius 3 is 2.66 bits per heavy atom. The predicted octanol–water partition coefficient (Wildman–Crippen LogP) is 5.30. The molecule has 3 aromatic rings. The largest absolute Gasteiger partial charge is 0.466 e. The number of rotatable bonds is 9. The van der Waals surface area contributed by atoms with E-state index >= 15 is 0 Å². The van der Waals surface area contributed by atoms with Crippen molar-refractivity contribution in [1.29, 1.82) is 0 Å². The van der Waals surface area contributed by atoms with E-state index in [1.807, 2.05) is 6.92 Å². The second kappa shape index (κ2) is 8.99. The molecule has 1 aliphatic rings. The molecule has 1 aromatic heterocycles. The van der Waals surface area contributed by atoms with Gasteiger partial charge in [-0.1, -0.05) is 49.0 Å². The minimum atomic E-state index is -0.134. The van der Waals surface area contributed by atoms with Gasteiger partial charge in [-0.05, 0) is 49.1 Å². The van der Waals surface area contributed by atoms with Crippen LogP contribution in [0.5, 0.6) is 0 Å². The number of ether oxygens (including phenoxy) is 1. The monoisotopic (exact) mass is 409 g/mol. The van der Waals surface area contributed by atoms with Gasteiger partial charge in [0.25, 0.3) is 0 Å². The van der Waals surface area contributed by atoms with Gasteiger partial charge in [0.05, 0.1) is 12.3 Å². The smallest absolute Gasteiger partial charge is 0.305 e. The normalized spacial score (nSPS) is 13.7. The quantitative estimate of drug-likeness (QED) is 0.273. The number of aryl methyl sites for hydroxylation is 1. The van der Waals surface area contributed by atoms with Crippen LogP contribution in [0.1, 0.15) is 56.8 Å². The molecular weight excluding hydrogens is 382 g/mol. The van der Waals surface area contributed by atoms with Crippen molar-refractivity contribution in [1.82, 2.24) is 14.8 Å². The van der Waals surface area contributed by atoms with Gasteiger partial charge in [-0.25, -0.2) is 0 Å². The lowest BCUT2D eigenvalue weighted by Gasteiger charge is -2.15. The maximum absolute atomic E-state index is 11.6. The lowest BCUT2D eigenvalue weighted by Crippen LogP contribution is -2.05. The summed E-state index contributed by atoms with van der Waals surface area (Å²) >= 11 is 1.65. The Bertz CT molecular complexity index is 1010. The molecule has 4 rings (SSSR count). The summed E-state index contributed by atoms with van der Waals surface area (Å²) in [6, 6.07) is 13.2. The molecule has 5 nitrogen and oxygen atoms in total. The van der Waals surface area contributed by atoms with Crippen LogP contribution < -0.4 is 0 Å². The van der Waals surface area contributed by atoms with Gasteiger partial charge in [0.1, 0.15) is 5.82 Å². The van der Waals surface area contributed by atoms with Crippen LogP contribution in [-0.4, -0.2) is 33.1 Å². The number of benzene rings is 2. The molecule has 0 radical (unpaired) electrons. The van der Waals surface area contributed by atoms with Gasteiger partial charge in [0.2, 0.25) is 0 Å². The molecule has 1 saturated carbocycles. The van der Waals surface area contributed by atoms with Crippen molar-refractivity contribution in [3.8, 4) is 5.69 Å². The molecule has 0 saturated heterocycles. The molecule has 0 unspecified atom stereocenters. The third-order valence-electron chi connectivity index (χ3n) is 5.27. The van der Waals surface area contributed by atoms with Crippen LogP contribution in [0.3, 0.4) is 0 Å². The fraction of sp³-hybridized carbons (Fsp3) is 0.435. The van der Waals surface area contributed by atoms with Crippen LogP contribution in [0.2, 0.25) is 0 Å². The van der Waals surface area contributed by atoms with E-state index in [0.29, 0.717) is 18.9 Å². The van der Waals surface area contributed by atoms with Gasteiger partial charge in [-0.15, -0.1) is 10.2 Å². The minimum Gasteiger partial charge on any atom is -0.466 e. The van der Waals surface area contributed by atoms with E-state index < -0.39 is 0 Å². The third kappa shape index (κ3) is 4.32. The SMILES string of the molecule is CCOC(=O)CCCSc1nnc(CC)n1-c1ccc(C2CC2)c2ccccc12. The zero-order valence-electron chi connectivity index (χ0n) is 17.1. The fourth-order valence-corrected chi connectivity index (χ4v) is 4.63. The lowest BCUT2D eigenvalue weighted by molar-refractivity contribution is -0.143. The Morgan fingerprint density at radius 1 is 1.14 bits per heavy atom. The van der Waals surface area contributed by atoms with Crippen LogP contribution in [0.15, 0.2) is 41.6 Å². The maximum atomic E-state index is 11.6. The van der Waals surface area contributed by atoms with Crippen LogP contribution in [0.4, 0.5) is 0 Å². The summed E-state index contributed by atoms with van der Waals surface area (Å²) in [4.78, 5) is 11.6. The van der Waals surface area contributed by atoms with Crippen molar-refractivity contribution < 1.29 is 9.53 Å². The standard InChI is InChI=1S/C23H27N3O2S/c1-3-21-24-25-23(29-15-7-10-22(27)28-4-2)26(21)20-14-13-17(16-11-12-16)18-8-5-6-9-19(18)20/h5-6,8-9,13-14,16H,3-4,7,10-12,15H2,1-2H3. The van der Waals surface area contributed by atoms with E-state index in [1.54, 1.807) is 11.8 Å². The molecular formula is C23H27N3O2S. The first kappa shape index (κ1) is 20.0. The molecule has 1 heterocycles. The molecule has 0 N–H and O–H groups in total. The molecule has 1 fully saturated rings. The summed E-state index contributed by atoms with van der Waals surface area (Å²) in [5, 5.41) is 12.4. The zero-order valence-corrected chi connectivity index (χ0v) is 17.9. The topological polar surface area (TPSA) is 57.0 Å². The van der Waals surface area contributed by atoms with Crippen molar-refractivity contribution in [2.45, 2.75) is 57.0 Å². The summed E-state index contributed by atoms with van der Waals surface area (Å²) in [6.45, 7) is 4.38. The average Bonchev–Trinajstić information content (AvgIpc) is 3.50. The van der Waals surface area contributed by atoms with Crippen molar-refractivity contribution in [3.63, 3.8) is 0 Å². The second-order valence-electron chi connectivity index (χ2n) is 7.34. The number of hydrogen-bond acceptors (Lipinski definition) is 5. The van der Waals surface area contributed by atoms with Gasteiger partial charge >= 0.3 is 5.97 Å². The Kier molecular flexibility index (Phi) is 6.19. The number of thioether (sulfide) groups is 1. The number of nitrogens with zero attached hydrogens (tertiary/aromatic N) is 3. The number of esters is 1. The van der Waals surface area contributed by atoms with Crippen molar-refractivity contribution >= 4 is 28.5 Å². The van der Waals surface area contributed by atoms with Gasteiger partial charge in [0, 0.05) is 24.0 Å². The first-order chi connectivity index (χ1) is 14.2. The van der Waals surface area contributed by atoms with Crippen molar-refractivity contribution in [3.05, 3.63) is 47.8 Å². The van der Waals surface area contributed by atoms with Crippen LogP contribution >= 0.6 is 11.8 Å². The van der Waals surface area contributed by atoms with Crippen LogP contribution in [-0.2, 0) is 16.0 Å². The molecule has 0 atom stereocenters. The van der Waals surface area contributed by atoms with Crippen LogP contribution in [0.25, 0.3) is 16.5 Å². The fourth-order valence-electron chi connectivity index (χ4n) is 3.73. The Hall–Kier alpha value is -2.34. The second-order valence-corrected chi connectivity index (χ2v) is 8.40. The number of carbonyl (C=O) groups excluding carboxylic acids is 1. The summed E-state index contributed by atoms with van der Waals surface area (Å²) in [5.41, 5.74) is 2.60. The van der Waals surface area contributed by atoms with E-state index in [-0.39, 0.29) is 5.97 Å². The first-order valence-electron chi connectivity index (χ1n) is 10.5. The number of aromatic nitrogens is 3. The van der Waals surface area contributed by atoms with E-state index in [1.165, 1.54) is 29.2 Å². The Balaban J connectivity index is 1.62. The number of carbonyl (C=O) groups is 1. The summed E-state index contributed by atoms with van der Waals surface area (Å²) in [7, 11) is 0. The van der Waals surface area contributed by atoms with Gasteiger partial charge < -0.3 is 4.74 Å². The van der Waals surface area contributed by atoms with E-state index in [4.69, 9.17) is 4.74 Å².